The summed E-state index contributed by atoms with van der Waals surface area (Å²) in [5, 5.41) is 6.82. The van der Waals surface area contributed by atoms with E-state index in [2.05, 4.69) is 17.6 Å². The predicted molar refractivity (Wildman–Crippen MR) is 131 cm³/mol. The van der Waals surface area contributed by atoms with Crippen LogP contribution in [0.5, 0.6) is 0 Å². The molecule has 0 aliphatic heterocycles. The second kappa shape index (κ2) is 20.1. The first-order valence-corrected chi connectivity index (χ1v) is 13.9. The second-order valence-electron chi connectivity index (χ2n) is 6.41. The predicted octanol–water partition coefficient (Wildman–Crippen LogP) is 2.90. The van der Waals surface area contributed by atoms with Gasteiger partial charge in [-0.3, -0.25) is 14.4 Å². The van der Waals surface area contributed by atoms with Crippen LogP contribution in [0.4, 0.5) is 0 Å². The lowest BCUT2D eigenvalue weighted by atomic mass is 10.4. The van der Waals surface area contributed by atoms with E-state index in [1.54, 1.807) is 11.8 Å². The van der Waals surface area contributed by atoms with Crippen LogP contribution >= 0.6 is 47.0 Å². The number of hydrogen-bond acceptors (Lipinski definition) is 9. The lowest BCUT2D eigenvalue weighted by Gasteiger charge is -2.10. The van der Waals surface area contributed by atoms with Gasteiger partial charge in [-0.1, -0.05) is 37.4 Å². The Morgan fingerprint density at radius 1 is 0.828 bits per heavy atom. The zero-order chi connectivity index (χ0) is 21.9. The quantitative estimate of drug-likeness (QED) is 0.285. The number of thioether (sulfide) groups is 4. The van der Waals surface area contributed by atoms with E-state index >= 15 is 0 Å². The zero-order valence-corrected chi connectivity index (χ0v) is 21.3. The van der Waals surface area contributed by atoms with Crippen molar-refractivity contribution in [3.63, 3.8) is 0 Å². The highest BCUT2D eigenvalue weighted by Crippen LogP contribution is 2.19. The summed E-state index contributed by atoms with van der Waals surface area (Å²) < 4.78 is 5.52. The molecular weight excluding hydrogens is 448 g/mol. The van der Waals surface area contributed by atoms with Gasteiger partial charge >= 0.3 is 0 Å². The first-order valence-electron chi connectivity index (χ1n) is 9.86. The van der Waals surface area contributed by atoms with Crippen LogP contribution < -0.4 is 10.6 Å². The van der Waals surface area contributed by atoms with Crippen LogP contribution in [-0.4, -0.2) is 83.0 Å². The molecule has 10 heteroatoms. The lowest BCUT2D eigenvalue weighted by Crippen LogP contribution is -2.23. The maximum absolute atomic E-state index is 11.9. The first-order chi connectivity index (χ1) is 13.8. The average molecular weight is 485 g/mol. The maximum atomic E-state index is 11.9. The van der Waals surface area contributed by atoms with E-state index in [0.29, 0.717) is 49.4 Å². The van der Waals surface area contributed by atoms with Crippen molar-refractivity contribution in [1.29, 1.82) is 0 Å². The van der Waals surface area contributed by atoms with Gasteiger partial charge in [-0.05, 0) is 7.05 Å². The topological polar surface area (TPSA) is 84.5 Å². The van der Waals surface area contributed by atoms with Crippen LogP contribution in [0.25, 0.3) is 0 Å². The molecule has 2 N–H and O–H groups in total. The van der Waals surface area contributed by atoms with Crippen LogP contribution in [-0.2, 0) is 19.1 Å². The molecule has 2 unspecified atom stereocenters. The Balaban J connectivity index is 3.53. The van der Waals surface area contributed by atoms with Gasteiger partial charge in [0.2, 0.25) is 5.91 Å². The van der Waals surface area contributed by atoms with Crippen LogP contribution in [0.15, 0.2) is 0 Å². The Kier molecular flexibility index (Phi) is 20.1. The molecule has 170 valence electrons. The summed E-state index contributed by atoms with van der Waals surface area (Å²) >= 11 is 6.14. The first kappa shape index (κ1) is 29.1. The summed E-state index contributed by atoms with van der Waals surface area (Å²) in [6.45, 7) is 8.26. The highest BCUT2D eigenvalue weighted by Gasteiger charge is 2.11. The fourth-order valence-corrected chi connectivity index (χ4v) is 5.77. The van der Waals surface area contributed by atoms with Gasteiger partial charge in [0.15, 0.2) is 10.2 Å². The molecule has 0 saturated carbocycles. The number of carbonyl (C=O) groups excluding carboxylic acids is 3. The number of rotatable bonds is 18. The Hall–Kier alpha value is 0.130. The van der Waals surface area contributed by atoms with Gasteiger partial charge in [-0.15, -0.1) is 0 Å². The Morgan fingerprint density at radius 2 is 1.31 bits per heavy atom. The minimum atomic E-state index is -0.0265. The Labute approximate surface area is 192 Å². The standard InChI is InChI=1S/C19H36N2O4S4/c1-15(26-9-5-20-4)13-18(23)28-11-7-25-8-12-29-19(24)14-16(2)27-10-6-21-17(3)22/h15-16,20H,5-14H2,1-4H3,(H,21,22). The SMILES string of the molecule is CNCCSC(C)CC(=O)SCCOCCSC(=O)CC(C)SCCNC(C)=O. The van der Waals surface area contributed by atoms with E-state index in [1.807, 2.05) is 25.7 Å². The van der Waals surface area contributed by atoms with Gasteiger partial charge in [0.25, 0.3) is 0 Å². The van der Waals surface area contributed by atoms with Crippen molar-refractivity contribution in [2.75, 3.05) is 56.4 Å². The van der Waals surface area contributed by atoms with Crippen molar-refractivity contribution in [3.8, 4) is 0 Å². The van der Waals surface area contributed by atoms with E-state index in [9.17, 15) is 14.4 Å². The minimum Gasteiger partial charge on any atom is -0.380 e. The third-order valence-corrected chi connectivity index (χ3v) is 7.59. The minimum absolute atomic E-state index is 0.0265. The van der Waals surface area contributed by atoms with Crippen molar-refractivity contribution in [3.05, 3.63) is 0 Å². The van der Waals surface area contributed by atoms with E-state index in [-0.39, 0.29) is 21.4 Å². The van der Waals surface area contributed by atoms with Gasteiger partial charge in [-0.2, -0.15) is 23.5 Å². The molecule has 1 amide bonds. The number of amides is 1. The van der Waals surface area contributed by atoms with Gasteiger partial charge < -0.3 is 15.4 Å². The highest BCUT2D eigenvalue weighted by atomic mass is 32.2. The van der Waals surface area contributed by atoms with Crippen molar-refractivity contribution >= 4 is 63.2 Å². The number of hydrogen-bond donors (Lipinski definition) is 2. The lowest BCUT2D eigenvalue weighted by molar-refractivity contribution is -0.119. The molecule has 0 saturated heterocycles. The number of ether oxygens (including phenoxy) is 1. The Bertz CT molecular complexity index is 469. The van der Waals surface area contributed by atoms with Gasteiger partial charge in [0.1, 0.15) is 0 Å². The summed E-state index contributed by atoms with van der Waals surface area (Å²) in [5.41, 5.74) is 0. The van der Waals surface area contributed by atoms with Gasteiger partial charge in [0, 0.05) is 66.4 Å². The molecule has 0 aromatic rings. The van der Waals surface area contributed by atoms with E-state index < -0.39 is 0 Å². The van der Waals surface area contributed by atoms with Gasteiger partial charge in [-0.25, -0.2) is 0 Å². The second-order valence-corrected chi connectivity index (χ2v) is 11.8. The third kappa shape index (κ3) is 21.2. The fraction of sp³-hybridized carbons (Fsp3) is 0.842. The summed E-state index contributed by atoms with van der Waals surface area (Å²) in [4.78, 5) is 34.6. The van der Waals surface area contributed by atoms with E-state index in [4.69, 9.17) is 4.74 Å². The highest BCUT2D eigenvalue weighted by molar-refractivity contribution is 8.14. The number of carbonyl (C=O) groups is 3. The summed E-state index contributed by atoms with van der Waals surface area (Å²) in [6.07, 6.45) is 1.11. The Morgan fingerprint density at radius 3 is 1.76 bits per heavy atom. The molecule has 0 spiro atoms. The van der Waals surface area contributed by atoms with Crippen molar-refractivity contribution in [2.45, 2.75) is 44.1 Å². The largest absolute Gasteiger partial charge is 0.380 e. The van der Waals surface area contributed by atoms with Crippen LogP contribution in [0.2, 0.25) is 0 Å². The molecular formula is C19H36N2O4S4. The zero-order valence-electron chi connectivity index (χ0n) is 18.0. The summed E-state index contributed by atoms with van der Waals surface area (Å²) in [6, 6.07) is 0. The maximum Gasteiger partial charge on any atom is 0.216 e. The van der Waals surface area contributed by atoms with Crippen LogP contribution in [0.3, 0.4) is 0 Å². The molecule has 2 atom stereocenters. The molecule has 0 aliphatic rings. The molecule has 0 radical (unpaired) electrons. The molecule has 0 aliphatic carbocycles. The molecule has 0 fully saturated rings. The van der Waals surface area contributed by atoms with E-state index in [0.717, 1.165) is 18.1 Å². The molecule has 29 heavy (non-hydrogen) atoms. The molecule has 6 nitrogen and oxygen atoms in total. The van der Waals surface area contributed by atoms with Crippen molar-refractivity contribution in [1.82, 2.24) is 10.6 Å². The summed E-state index contributed by atoms with van der Waals surface area (Å²) in [5.74, 6) is 3.10. The van der Waals surface area contributed by atoms with Gasteiger partial charge in [0.05, 0.1) is 13.2 Å². The summed E-state index contributed by atoms with van der Waals surface area (Å²) in [7, 11) is 1.93. The number of nitrogens with one attached hydrogen (secondary N) is 2. The fourth-order valence-electron chi connectivity index (χ4n) is 2.09. The van der Waals surface area contributed by atoms with Crippen LogP contribution in [0.1, 0.15) is 33.6 Å². The molecule has 0 heterocycles. The normalized spacial score (nSPS) is 13.1. The molecule has 0 bridgehead atoms. The molecule has 0 aromatic carbocycles. The third-order valence-electron chi connectivity index (χ3n) is 3.52. The molecule has 0 rings (SSSR count). The van der Waals surface area contributed by atoms with Crippen molar-refractivity contribution < 1.29 is 19.1 Å². The van der Waals surface area contributed by atoms with E-state index in [1.165, 1.54) is 30.4 Å². The average Bonchev–Trinajstić information content (AvgIpc) is 2.64. The monoisotopic (exact) mass is 484 g/mol. The van der Waals surface area contributed by atoms with Crippen molar-refractivity contribution in [2.24, 2.45) is 0 Å². The molecule has 0 aromatic heterocycles. The van der Waals surface area contributed by atoms with Crippen LogP contribution in [0, 0.1) is 0 Å². The smallest absolute Gasteiger partial charge is 0.216 e.